The number of carbonyl (C=O) groups is 1. The zero-order valence-corrected chi connectivity index (χ0v) is 17.6. The van der Waals surface area contributed by atoms with Gasteiger partial charge in [-0.3, -0.25) is 4.79 Å². The first-order valence-corrected chi connectivity index (χ1v) is 11.6. The van der Waals surface area contributed by atoms with Crippen LogP contribution in [0.4, 0.5) is 5.69 Å². The second kappa shape index (κ2) is 7.87. The number of para-hydroxylation sites is 2. The van der Waals surface area contributed by atoms with Crippen molar-refractivity contribution >= 4 is 55.8 Å². The zero-order valence-electron chi connectivity index (χ0n) is 15.2. The maximum Gasteiger partial charge on any atom is 0.230 e. The van der Waals surface area contributed by atoms with Crippen molar-refractivity contribution in [1.82, 2.24) is 9.97 Å². The van der Waals surface area contributed by atoms with Crippen LogP contribution in [-0.2, 0) is 11.2 Å². The van der Waals surface area contributed by atoms with Gasteiger partial charge >= 0.3 is 0 Å². The van der Waals surface area contributed by atoms with Gasteiger partial charge in [-0.25, -0.2) is 9.97 Å². The van der Waals surface area contributed by atoms with Gasteiger partial charge in [-0.05, 0) is 35.7 Å². The first-order valence-electron chi connectivity index (χ1n) is 8.98. The summed E-state index contributed by atoms with van der Waals surface area (Å²) in [7, 11) is 0. The lowest BCUT2D eigenvalue weighted by molar-refractivity contribution is -0.115. The Bertz CT molecular complexity index is 1250. The zero-order chi connectivity index (χ0) is 19.6. The van der Waals surface area contributed by atoms with Crippen molar-refractivity contribution in [3.8, 4) is 21.1 Å². The molecule has 3 heterocycles. The first kappa shape index (κ1) is 18.2. The van der Waals surface area contributed by atoms with Crippen LogP contribution < -0.4 is 5.32 Å². The predicted molar refractivity (Wildman–Crippen MR) is 123 cm³/mol. The van der Waals surface area contributed by atoms with E-state index in [0.717, 1.165) is 42.7 Å². The molecule has 7 heteroatoms. The Hall–Kier alpha value is -2.87. The molecule has 3 aromatic heterocycles. The molecule has 0 saturated carbocycles. The van der Waals surface area contributed by atoms with Crippen LogP contribution in [0.3, 0.4) is 0 Å². The van der Waals surface area contributed by atoms with E-state index in [4.69, 9.17) is 4.98 Å². The normalized spacial score (nSPS) is 11.0. The average Bonchev–Trinajstić information content (AvgIpc) is 3.48. The summed E-state index contributed by atoms with van der Waals surface area (Å²) in [5.74, 6) is -0.0827. The van der Waals surface area contributed by atoms with Crippen molar-refractivity contribution in [2.45, 2.75) is 6.42 Å². The number of nitrogens with one attached hydrogen (secondary N) is 1. The van der Waals surface area contributed by atoms with Gasteiger partial charge in [0.15, 0.2) is 0 Å². The Kier molecular flexibility index (Phi) is 4.93. The molecule has 0 unspecified atom stereocenters. The van der Waals surface area contributed by atoms with E-state index in [2.05, 4.69) is 21.7 Å². The summed E-state index contributed by atoms with van der Waals surface area (Å²) in [6.07, 6.45) is 0.245. The van der Waals surface area contributed by atoms with Gasteiger partial charge in [0.25, 0.3) is 0 Å². The third-order valence-corrected chi connectivity index (χ3v) is 7.08. The van der Waals surface area contributed by atoms with E-state index in [9.17, 15) is 4.79 Å². The van der Waals surface area contributed by atoms with Crippen LogP contribution in [0.15, 0.2) is 70.7 Å². The number of nitrogens with zero attached hydrogens (tertiary/aromatic N) is 2. The highest BCUT2D eigenvalue weighted by atomic mass is 32.1. The van der Waals surface area contributed by atoms with E-state index in [1.165, 1.54) is 0 Å². The van der Waals surface area contributed by atoms with Crippen molar-refractivity contribution in [2.75, 3.05) is 5.32 Å². The second-order valence-corrected chi connectivity index (χ2v) is 9.08. The molecular formula is C22H15N3OS3. The molecule has 5 rings (SSSR count). The minimum absolute atomic E-state index is 0.0827. The van der Waals surface area contributed by atoms with Crippen LogP contribution in [0.2, 0.25) is 0 Å². The number of rotatable bonds is 5. The fourth-order valence-corrected chi connectivity index (χ4v) is 5.57. The number of hydrogen-bond donors (Lipinski definition) is 1. The number of amides is 1. The molecule has 4 nitrogen and oxygen atoms in total. The number of thiophene rings is 1. The fraction of sp³-hybridized carbons (Fsp3) is 0.0455. The number of thiazole rings is 2. The Balaban J connectivity index is 1.36. The average molecular weight is 434 g/mol. The van der Waals surface area contributed by atoms with Crippen molar-refractivity contribution in [3.05, 3.63) is 76.4 Å². The number of anilines is 1. The molecule has 1 N–H and O–H groups in total. The van der Waals surface area contributed by atoms with E-state index in [-0.39, 0.29) is 12.3 Å². The number of carbonyl (C=O) groups excluding carboxylic acids is 1. The Morgan fingerprint density at radius 3 is 2.66 bits per heavy atom. The molecule has 0 radical (unpaired) electrons. The van der Waals surface area contributed by atoms with Crippen LogP contribution >= 0.6 is 34.0 Å². The monoisotopic (exact) mass is 433 g/mol. The number of hydrogen-bond acceptors (Lipinski definition) is 6. The highest BCUT2D eigenvalue weighted by Crippen LogP contribution is 2.34. The van der Waals surface area contributed by atoms with Gasteiger partial charge in [-0.15, -0.1) is 22.7 Å². The largest absolute Gasteiger partial charge is 0.325 e. The summed E-state index contributed by atoms with van der Waals surface area (Å²) in [5.41, 5.74) is 4.56. The third kappa shape index (κ3) is 3.85. The van der Waals surface area contributed by atoms with Crippen LogP contribution in [0.25, 0.3) is 31.4 Å². The van der Waals surface area contributed by atoms with E-state index < -0.39 is 0 Å². The molecule has 29 heavy (non-hydrogen) atoms. The highest BCUT2D eigenvalue weighted by molar-refractivity contribution is 7.21. The smallest absolute Gasteiger partial charge is 0.230 e. The topological polar surface area (TPSA) is 54.9 Å². The van der Waals surface area contributed by atoms with Crippen molar-refractivity contribution in [3.63, 3.8) is 0 Å². The maximum absolute atomic E-state index is 12.7. The van der Waals surface area contributed by atoms with Crippen molar-refractivity contribution in [1.29, 1.82) is 0 Å². The second-order valence-electron chi connectivity index (χ2n) is 6.41. The summed E-state index contributed by atoms with van der Waals surface area (Å²) in [4.78, 5) is 22.0. The molecule has 0 aliphatic rings. The Labute approximate surface area is 179 Å². The van der Waals surface area contributed by atoms with Crippen LogP contribution in [0.5, 0.6) is 0 Å². The van der Waals surface area contributed by atoms with Crippen molar-refractivity contribution < 1.29 is 4.79 Å². The first-order chi connectivity index (χ1) is 14.3. The lowest BCUT2D eigenvalue weighted by Gasteiger charge is -2.08. The van der Waals surface area contributed by atoms with Crippen LogP contribution in [0.1, 0.15) is 5.69 Å². The summed E-state index contributed by atoms with van der Waals surface area (Å²) in [6.45, 7) is 0. The molecule has 0 saturated heterocycles. The van der Waals surface area contributed by atoms with Gasteiger partial charge in [-0.2, -0.15) is 11.3 Å². The minimum Gasteiger partial charge on any atom is -0.325 e. The molecule has 0 fully saturated rings. The van der Waals surface area contributed by atoms with Gasteiger partial charge in [0.1, 0.15) is 10.0 Å². The molecule has 1 amide bonds. The summed E-state index contributed by atoms with van der Waals surface area (Å²) < 4.78 is 1.13. The molecule has 0 aliphatic heterocycles. The van der Waals surface area contributed by atoms with Gasteiger partial charge in [0.2, 0.25) is 5.91 Å². The molecule has 5 aromatic rings. The van der Waals surface area contributed by atoms with Gasteiger partial charge < -0.3 is 5.32 Å². The van der Waals surface area contributed by atoms with E-state index in [1.54, 1.807) is 34.0 Å². The number of benzene rings is 2. The lowest BCUT2D eigenvalue weighted by atomic mass is 10.1. The number of aromatic nitrogens is 2. The summed E-state index contributed by atoms with van der Waals surface area (Å²) in [6, 6.07) is 17.9. The van der Waals surface area contributed by atoms with Crippen molar-refractivity contribution in [2.24, 2.45) is 0 Å². The van der Waals surface area contributed by atoms with E-state index in [1.807, 2.05) is 59.3 Å². The Morgan fingerprint density at radius 1 is 0.931 bits per heavy atom. The highest BCUT2D eigenvalue weighted by Gasteiger charge is 2.14. The van der Waals surface area contributed by atoms with Gasteiger partial charge in [0.05, 0.1) is 28.0 Å². The predicted octanol–water partition coefficient (Wildman–Crippen LogP) is 6.33. The maximum atomic E-state index is 12.7. The van der Waals surface area contributed by atoms with E-state index >= 15 is 0 Å². The standard InChI is InChI=1S/C22H15N3OS3/c26-20(11-15-13-28-21(23-15)14-9-10-27-12-14)24-17-6-2-1-5-16(17)22-25-18-7-3-4-8-19(18)29-22/h1-10,12-13H,11H2,(H,24,26). The van der Waals surface area contributed by atoms with Crippen LogP contribution in [-0.4, -0.2) is 15.9 Å². The van der Waals surface area contributed by atoms with Crippen LogP contribution in [0, 0.1) is 0 Å². The molecule has 142 valence electrons. The Morgan fingerprint density at radius 2 is 1.79 bits per heavy atom. The SMILES string of the molecule is O=C(Cc1csc(-c2ccsc2)n1)Nc1ccccc1-c1nc2ccccc2s1. The quantitative estimate of drug-likeness (QED) is 0.352. The summed E-state index contributed by atoms with van der Waals surface area (Å²) >= 11 is 4.83. The molecule has 0 bridgehead atoms. The lowest BCUT2D eigenvalue weighted by Crippen LogP contribution is -2.15. The molecule has 0 aliphatic carbocycles. The fourth-order valence-electron chi connectivity index (χ4n) is 3.03. The summed E-state index contributed by atoms with van der Waals surface area (Å²) in [5, 5.41) is 10.9. The molecule has 0 atom stereocenters. The molecular weight excluding hydrogens is 418 g/mol. The minimum atomic E-state index is -0.0827. The molecule has 2 aromatic carbocycles. The third-order valence-electron chi connectivity index (χ3n) is 4.39. The number of fused-ring (bicyclic) bond motifs is 1. The van der Waals surface area contributed by atoms with Gasteiger partial charge in [0, 0.05) is 21.9 Å². The van der Waals surface area contributed by atoms with E-state index in [0.29, 0.717) is 0 Å². The molecule has 0 spiro atoms. The van der Waals surface area contributed by atoms with Gasteiger partial charge in [-0.1, -0.05) is 24.3 Å².